The molecule has 0 atom stereocenters. The van der Waals surface area contributed by atoms with Gasteiger partial charge in [0, 0.05) is 6.54 Å². The number of aromatic nitrogens is 3. The molecule has 92 valence electrons. The van der Waals surface area contributed by atoms with Crippen molar-refractivity contribution in [2.45, 2.75) is 6.54 Å². The fourth-order valence-electron chi connectivity index (χ4n) is 1.92. The first-order valence-corrected chi connectivity index (χ1v) is 5.86. The third-order valence-electron chi connectivity index (χ3n) is 2.85. The van der Waals surface area contributed by atoms with Crippen molar-refractivity contribution in [3.05, 3.63) is 41.6 Å². The standard InChI is InChI=1S/C12H14N6/c13-11-10(12-14-6-7-15-12)16-17-18(11)8-9-4-2-1-3-5-9/h1-5H,6-8,13H2,(H,14,15). The number of nitrogen functional groups attached to an aromatic ring is 1. The molecule has 3 rings (SSSR count). The minimum atomic E-state index is 0.548. The lowest BCUT2D eigenvalue weighted by Gasteiger charge is -2.03. The summed E-state index contributed by atoms with van der Waals surface area (Å²) >= 11 is 0. The van der Waals surface area contributed by atoms with Gasteiger partial charge in [-0.25, -0.2) is 4.68 Å². The number of nitrogens with zero attached hydrogens (tertiary/aromatic N) is 4. The van der Waals surface area contributed by atoms with Crippen LogP contribution >= 0.6 is 0 Å². The Morgan fingerprint density at radius 1 is 1.28 bits per heavy atom. The second-order valence-corrected chi connectivity index (χ2v) is 4.12. The predicted octanol–water partition coefficient (Wildman–Crippen LogP) is 0.258. The molecule has 3 N–H and O–H groups in total. The summed E-state index contributed by atoms with van der Waals surface area (Å²) in [6.07, 6.45) is 0. The van der Waals surface area contributed by atoms with Gasteiger partial charge in [-0.15, -0.1) is 5.10 Å². The molecule has 0 radical (unpaired) electrons. The highest BCUT2D eigenvalue weighted by Gasteiger charge is 2.17. The van der Waals surface area contributed by atoms with Crippen LogP contribution in [0, 0.1) is 0 Å². The lowest BCUT2D eigenvalue weighted by atomic mass is 10.2. The topological polar surface area (TPSA) is 81.1 Å². The highest BCUT2D eigenvalue weighted by Crippen LogP contribution is 2.12. The van der Waals surface area contributed by atoms with E-state index in [9.17, 15) is 0 Å². The average molecular weight is 242 g/mol. The smallest absolute Gasteiger partial charge is 0.171 e. The van der Waals surface area contributed by atoms with Gasteiger partial charge in [0.1, 0.15) is 0 Å². The van der Waals surface area contributed by atoms with E-state index in [-0.39, 0.29) is 0 Å². The van der Waals surface area contributed by atoms with Crippen molar-refractivity contribution in [2.24, 2.45) is 4.99 Å². The number of benzene rings is 1. The van der Waals surface area contributed by atoms with E-state index >= 15 is 0 Å². The van der Waals surface area contributed by atoms with Gasteiger partial charge >= 0.3 is 0 Å². The molecule has 0 fully saturated rings. The van der Waals surface area contributed by atoms with Crippen molar-refractivity contribution >= 4 is 11.7 Å². The fraction of sp³-hybridized carbons (Fsp3) is 0.250. The Bertz CT molecular complexity index is 572. The lowest BCUT2D eigenvalue weighted by molar-refractivity contribution is 0.657. The van der Waals surface area contributed by atoms with Crippen LogP contribution in [0.25, 0.3) is 0 Å². The van der Waals surface area contributed by atoms with Crippen molar-refractivity contribution in [3.8, 4) is 0 Å². The van der Waals surface area contributed by atoms with Crippen molar-refractivity contribution in [3.63, 3.8) is 0 Å². The maximum Gasteiger partial charge on any atom is 0.171 e. The maximum absolute atomic E-state index is 6.05. The van der Waals surface area contributed by atoms with Gasteiger partial charge in [-0.3, -0.25) is 4.99 Å². The van der Waals surface area contributed by atoms with Crippen LogP contribution in [0.2, 0.25) is 0 Å². The first kappa shape index (κ1) is 10.8. The molecule has 18 heavy (non-hydrogen) atoms. The number of aliphatic imine (C=N–C) groups is 1. The van der Waals surface area contributed by atoms with Gasteiger partial charge in [0.15, 0.2) is 17.3 Å². The first-order chi connectivity index (χ1) is 8.84. The normalized spacial score (nSPS) is 14.3. The monoisotopic (exact) mass is 242 g/mol. The fourth-order valence-corrected chi connectivity index (χ4v) is 1.92. The summed E-state index contributed by atoms with van der Waals surface area (Å²) in [4.78, 5) is 4.30. The minimum absolute atomic E-state index is 0.548. The summed E-state index contributed by atoms with van der Waals surface area (Å²) in [7, 11) is 0. The summed E-state index contributed by atoms with van der Waals surface area (Å²) in [5, 5.41) is 11.3. The Hall–Kier alpha value is -2.37. The SMILES string of the molecule is Nc1c(C2=NCCN2)nnn1Cc1ccccc1. The molecule has 0 unspecified atom stereocenters. The first-order valence-electron chi connectivity index (χ1n) is 5.86. The number of anilines is 1. The molecule has 1 aliphatic heterocycles. The number of hydrogen-bond donors (Lipinski definition) is 2. The zero-order valence-corrected chi connectivity index (χ0v) is 9.87. The molecular weight excluding hydrogens is 228 g/mol. The molecule has 1 aromatic carbocycles. The number of nitrogens with one attached hydrogen (secondary N) is 1. The Morgan fingerprint density at radius 2 is 2.11 bits per heavy atom. The molecule has 2 aromatic rings. The van der Waals surface area contributed by atoms with E-state index < -0.39 is 0 Å². The van der Waals surface area contributed by atoms with Crippen molar-refractivity contribution in [1.82, 2.24) is 20.3 Å². The largest absolute Gasteiger partial charge is 0.382 e. The number of amidine groups is 1. The molecule has 1 aliphatic rings. The molecule has 2 heterocycles. The summed E-state index contributed by atoms with van der Waals surface area (Å²) < 4.78 is 1.69. The van der Waals surface area contributed by atoms with Gasteiger partial charge in [-0.1, -0.05) is 35.5 Å². The summed E-state index contributed by atoms with van der Waals surface area (Å²) in [6.45, 7) is 2.22. The van der Waals surface area contributed by atoms with Gasteiger partial charge in [0.05, 0.1) is 13.1 Å². The van der Waals surface area contributed by atoms with Crippen LogP contribution in [0.5, 0.6) is 0 Å². The van der Waals surface area contributed by atoms with E-state index in [0.29, 0.717) is 18.1 Å². The van der Waals surface area contributed by atoms with E-state index in [2.05, 4.69) is 20.6 Å². The molecule has 1 aromatic heterocycles. The summed E-state index contributed by atoms with van der Waals surface area (Å²) in [5.74, 6) is 1.29. The minimum Gasteiger partial charge on any atom is -0.382 e. The zero-order chi connectivity index (χ0) is 12.4. The molecule has 0 spiro atoms. The molecule has 0 bridgehead atoms. The maximum atomic E-state index is 6.05. The van der Waals surface area contributed by atoms with Crippen molar-refractivity contribution < 1.29 is 0 Å². The Labute approximate surface area is 105 Å². The zero-order valence-electron chi connectivity index (χ0n) is 9.87. The van der Waals surface area contributed by atoms with E-state index in [1.54, 1.807) is 4.68 Å². The van der Waals surface area contributed by atoms with E-state index in [0.717, 1.165) is 24.5 Å². The third-order valence-corrected chi connectivity index (χ3v) is 2.85. The van der Waals surface area contributed by atoms with Crippen LogP contribution in [-0.2, 0) is 6.54 Å². The van der Waals surface area contributed by atoms with Gasteiger partial charge in [0.2, 0.25) is 0 Å². The highest BCUT2D eigenvalue weighted by molar-refractivity contribution is 6.01. The molecule has 0 amide bonds. The Balaban J connectivity index is 1.86. The number of rotatable bonds is 3. The molecule has 0 aliphatic carbocycles. The second-order valence-electron chi connectivity index (χ2n) is 4.12. The van der Waals surface area contributed by atoms with E-state index in [4.69, 9.17) is 5.73 Å². The predicted molar refractivity (Wildman–Crippen MR) is 69.4 cm³/mol. The molecule has 0 saturated heterocycles. The summed E-state index contributed by atoms with van der Waals surface area (Å²) in [6, 6.07) is 10.0. The van der Waals surface area contributed by atoms with Crippen LogP contribution in [0.4, 0.5) is 5.82 Å². The summed E-state index contributed by atoms with van der Waals surface area (Å²) in [5.41, 5.74) is 7.83. The van der Waals surface area contributed by atoms with E-state index in [1.807, 2.05) is 30.3 Å². The van der Waals surface area contributed by atoms with Gasteiger partial charge in [-0.05, 0) is 5.56 Å². The van der Waals surface area contributed by atoms with Gasteiger partial charge in [0.25, 0.3) is 0 Å². The second kappa shape index (κ2) is 4.48. The van der Waals surface area contributed by atoms with Crippen LogP contribution in [-0.4, -0.2) is 33.9 Å². The Kier molecular flexibility index (Phi) is 2.68. The molecule has 6 heteroatoms. The molecule has 6 nitrogen and oxygen atoms in total. The molecular formula is C12H14N6. The number of nitrogens with two attached hydrogens (primary N) is 1. The van der Waals surface area contributed by atoms with E-state index in [1.165, 1.54) is 0 Å². The number of hydrogen-bond acceptors (Lipinski definition) is 5. The van der Waals surface area contributed by atoms with Crippen LogP contribution in [0.3, 0.4) is 0 Å². The Morgan fingerprint density at radius 3 is 2.83 bits per heavy atom. The third kappa shape index (κ3) is 1.92. The van der Waals surface area contributed by atoms with Crippen LogP contribution in [0.1, 0.15) is 11.3 Å². The van der Waals surface area contributed by atoms with Crippen molar-refractivity contribution in [1.29, 1.82) is 0 Å². The van der Waals surface area contributed by atoms with Gasteiger partial charge in [-0.2, -0.15) is 0 Å². The molecule has 0 saturated carbocycles. The highest BCUT2D eigenvalue weighted by atomic mass is 15.5. The lowest BCUT2D eigenvalue weighted by Crippen LogP contribution is -2.21. The van der Waals surface area contributed by atoms with Crippen molar-refractivity contribution in [2.75, 3.05) is 18.8 Å². The quantitative estimate of drug-likeness (QED) is 0.809. The average Bonchev–Trinajstić information content (AvgIpc) is 3.02. The van der Waals surface area contributed by atoms with Gasteiger partial charge < -0.3 is 11.1 Å². The van der Waals surface area contributed by atoms with Crippen LogP contribution in [0.15, 0.2) is 35.3 Å². The van der Waals surface area contributed by atoms with Crippen LogP contribution < -0.4 is 11.1 Å².